The Hall–Kier alpha value is -2.21. The molecule has 0 saturated heterocycles. The second-order valence-corrected chi connectivity index (χ2v) is 6.05. The van der Waals surface area contributed by atoms with Crippen LogP contribution < -0.4 is 5.32 Å². The Balaban J connectivity index is 1.64. The Morgan fingerprint density at radius 1 is 1.14 bits per heavy atom. The summed E-state index contributed by atoms with van der Waals surface area (Å²) in [5.41, 5.74) is 1.87. The van der Waals surface area contributed by atoms with Crippen LogP contribution in [0.15, 0.2) is 36.4 Å². The monoisotopic (exact) mass is 314 g/mol. The zero-order chi connectivity index (χ0) is 14.9. The Morgan fingerprint density at radius 3 is 2.68 bits per heavy atom. The maximum absolute atomic E-state index is 6.00. The molecule has 0 radical (unpaired) electrons. The highest BCUT2D eigenvalue weighted by Gasteiger charge is 2.28. The normalized spacial score (nSPS) is 16.4. The predicted molar refractivity (Wildman–Crippen MR) is 83.7 cm³/mol. The van der Waals surface area contributed by atoms with E-state index < -0.39 is 0 Å². The smallest absolute Gasteiger partial charge is 0.200 e. The molecule has 0 bridgehead atoms. The lowest BCUT2D eigenvalue weighted by molar-refractivity contribution is 0.276. The number of nitrogens with zero attached hydrogens (tertiary/aromatic N) is 5. The van der Waals surface area contributed by atoms with Crippen molar-refractivity contribution in [2.24, 2.45) is 5.92 Å². The largest absolute Gasteiger partial charge is 0.361 e. The number of aromatic nitrogens is 5. The van der Waals surface area contributed by atoms with Crippen LogP contribution in [0.2, 0.25) is 5.02 Å². The van der Waals surface area contributed by atoms with Gasteiger partial charge >= 0.3 is 0 Å². The van der Waals surface area contributed by atoms with Gasteiger partial charge in [0.25, 0.3) is 0 Å². The van der Waals surface area contributed by atoms with Gasteiger partial charge in [0, 0.05) is 5.02 Å². The molecule has 1 aromatic carbocycles. The molecule has 1 atom stereocenters. The molecule has 1 aliphatic carbocycles. The molecule has 7 heteroatoms. The van der Waals surface area contributed by atoms with E-state index in [1.54, 1.807) is 0 Å². The van der Waals surface area contributed by atoms with Crippen molar-refractivity contribution in [2.75, 3.05) is 5.32 Å². The third-order valence-electron chi connectivity index (χ3n) is 4.22. The summed E-state index contributed by atoms with van der Waals surface area (Å²) in [6.07, 6.45) is 3.75. The first-order valence-corrected chi connectivity index (χ1v) is 7.75. The predicted octanol–water partition coefficient (Wildman–Crippen LogP) is 3.13. The number of benzene rings is 1. The fraction of sp³-hybridized carbons (Fsp3) is 0.333. The van der Waals surface area contributed by atoms with Crippen molar-refractivity contribution < 1.29 is 0 Å². The first-order valence-electron chi connectivity index (χ1n) is 7.37. The summed E-state index contributed by atoms with van der Waals surface area (Å²) >= 11 is 6.00. The second kappa shape index (κ2) is 5.53. The molecular weight excluding hydrogens is 300 g/mol. The van der Waals surface area contributed by atoms with Crippen LogP contribution in [-0.2, 0) is 0 Å². The van der Waals surface area contributed by atoms with Crippen molar-refractivity contribution in [1.82, 2.24) is 25.3 Å². The third kappa shape index (κ3) is 2.50. The number of rotatable bonds is 4. The maximum Gasteiger partial charge on any atom is 0.200 e. The van der Waals surface area contributed by atoms with E-state index in [4.69, 9.17) is 11.6 Å². The summed E-state index contributed by atoms with van der Waals surface area (Å²) in [4.78, 5) is 0. The molecule has 3 aromatic rings. The van der Waals surface area contributed by atoms with Crippen molar-refractivity contribution in [2.45, 2.75) is 25.3 Å². The zero-order valence-corrected chi connectivity index (χ0v) is 12.6. The minimum absolute atomic E-state index is 0.229. The van der Waals surface area contributed by atoms with E-state index in [-0.39, 0.29) is 6.04 Å². The van der Waals surface area contributed by atoms with Crippen LogP contribution in [0.5, 0.6) is 0 Å². The zero-order valence-electron chi connectivity index (χ0n) is 11.9. The number of tetrazole rings is 1. The van der Waals surface area contributed by atoms with Crippen molar-refractivity contribution in [3.8, 4) is 0 Å². The summed E-state index contributed by atoms with van der Waals surface area (Å²) in [6.45, 7) is 0. The molecule has 1 saturated carbocycles. The topological polar surface area (TPSA) is 68.0 Å². The lowest BCUT2D eigenvalue weighted by atomic mass is 9.77. The van der Waals surface area contributed by atoms with E-state index in [0.29, 0.717) is 11.6 Å². The molecular formula is C15H15ClN6. The number of hydrogen-bond donors (Lipinski definition) is 1. The molecule has 1 unspecified atom stereocenters. The molecule has 1 fully saturated rings. The summed E-state index contributed by atoms with van der Waals surface area (Å²) in [5, 5.41) is 20.0. The van der Waals surface area contributed by atoms with E-state index in [0.717, 1.165) is 10.8 Å². The van der Waals surface area contributed by atoms with Crippen LogP contribution in [0, 0.1) is 5.92 Å². The summed E-state index contributed by atoms with van der Waals surface area (Å²) in [7, 11) is 0. The molecule has 0 amide bonds. The van der Waals surface area contributed by atoms with Crippen molar-refractivity contribution in [1.29, 1.82) is 0 Å². The van der Waals surface area contributed by atoms with Crippen LogP contribution >= 0.6 is 11.6 Å². The average Bonchev–Trinajstić information content (AvgIpc) is 2.93. The molecule has 6 nitrogen and oxygen atoms in total. The lowest BCUT2D eigenvalue weighted by Crippen LogP contribution is -2.27. The molecule has 4 rings (SSSR count). The third-order valence-corrected chi connectivity index (χ3v) is 4.48. The number of fused-ring (bicyclic) bond motifs is 1. The van der Waals surface area contributed by atoms with Crippen molar-refractivity contribution in [3.63, 3.8) is 0 Å². The van der Waals surface area contributed by atoms with Crippen molar-refractivity contribution in [3.05, 3.63) is 47.0 Å². The van der Waals surface area contributed by atoms with Gasteiger partial charge in [-0.25, -0.2) is 0 Å². The number of anilines is 1. The van der Waals surface area contributed by atoms with Crippen LogP contribution in [0.1, 0.15) is 30.9 Å². The lowest BCUT2D eigenvalue weighted by Gasteiger charge is -2.35. The minimum Gasteiger partial charge on any atom is -0.361 e. The summed E-state index contributed by atoms with van der Waals surface area (Å²) in [5.74, 6) is 1.39. The number of hydrogen-bond acceptors (Lipinski definition) is 5. The first-order chi connectivity index (χ1) is 10.8. The van der Waals surface area contributed by atoms with Gasteiger partial charge in [0.15, 0.2) is 5.65 Å². The van der Waals surface area contributed by atoms with E-state index in [1.807, 2.05) is 24.3 Å². The molecule has 1 aliphatic rings. The van der Waals surface area contributed by atoms with Gasteiger partial charge in [-0.2, -0.15) is 0 Å². The fourth-order valence-corrected chi connectivity index (χ4v) is 2.93. The van der Waals surface area contributed by atoms with Crippen LogP contribution in [0.25, 0.3) is 5.65 Å². The van der Waals surface area contributed by atoms with Gasteiger partial charge in [-0.15, -0.1) is 14.8 Å². The van der Waals surface area contributed by atoms with Gasteiger partial charge in [0.05, 0.1) is 6.04 Å². The van der Waals surface area contributed by atoms with Gasteiger partial charge in [0.1, 0.15) is 5.82 Å². The second-order valence-electron chi connectivity index (χ2n) is 5.61. The first kappa shape index (κ1) is 13.5. The minimum atomic E-state index is 0.229. The molecule has 2 heterocycles. The average molecular weight is 315 g/mol. The van der Waals surface area contributed by atoms with E-state index in [9.17, 15) is 0 Å². The Labute approximate surface area is 132 Å². The van der Waals surface area contributed by atoms with Crippen LogP contribution in [-0.4, -0.2) is 25.3 Å². The highest BCUT2D eigenvalue weighted by Crippen LogP contribution is 2.39. The molecule has 22 heavy (non-hydrogen) atoms. The van der Waals surface area contributed by atoms with Gasteiger partial charge in [-0.3, -0.25) is 0 Å². The van der Waals surface area contributed by atoms with Crippen LogP contribution in [0.4, 0.5) is 5.82 Å². The highest BCUT2D eigenvalue weighted by atomic mass is 35.5. The molecule has 2 aromatic heterocycles. The number of halogens is 1. The van der Waals surface area contributed by atoms with Gasteiger partial charge in [0.2, 0.25) is 0 Å². The van der Waals surface area contributed by atoms with Crippen LogP contribution in [0.3, 0.4) is 0 Å². The van der Waals surface area contributed by atoms with Gasteiger partial charge in [-0.05, 0) is 59.0 Å². The standard InChI is InChI=1S/C15H15ClN6/c16-12-6-4-11(5-7-12)15(10-2-1-3-10)17-13-8-9-14-18-20-21-22(14)19-13/h4-10,15H,1-3H2,(H,17,19). The SMILES string of the molecule is Clc1ccc(C(Nc2ccc3nnnn3n2)C2CCC2)cc1. The van der Waals surface area contributed by atoms with Crippen molar-refractivity contribution >= 4 is 23.1 Å². The quantitative estimate of drug-likeness (QED) is 0.801. The highest BCUT2D eigenvalue weighted by molar-refractivity contribution is 6.30. The maximum atomic E-state index is 6.00. The molecule has 1 N–H and O–H groups in total. The fourth-order valence-electron chi connectivity index (χ4n) is 2.80. The summed E-state index contributed by atoms with van der Waals surface area (Å²) in [6, 6.07) is 12.0. The number of nitrogens with one attached hydrogen (secondary N) is 1. The molecule has 0 aliphatic heterocycles. The van der Waals surface area contributed by atoms with E-state index in [2.05, 4.69) is 38.1 Å². The Kier molecular flexibility index (Phi) is 3.38. The van der Waals surface area contributed by atoms with Gasteiger partial charge in [-0.1, -0.05) is 30.2 Å². The van der Waals surface area contributed by atoms with E-state index >= 15 is 0 Å². The van der Waals surface area contributed by atoms with Gasteiger partial charge < -0.3 is 5.32 Å². The Morgan fingerprint density at radius 2 is 1.95 bits per heavy atom. The van der Waals surface area contributed by atoms with E-state index in [1.165, 1.54) is 29.5 Å². The molecule has 0 spiro atoms. The molecule has 112 valence electrons. The Bertz CT molecular complexity index is 780. The summed E-state index contributed by atoms with van der Waals surface area (Å²) < 4.78 is 1.43.